The Labute approximate surface area is 362 Å². The number of aliphatic hydroxyl groups excluding tert-OH is 1. The predicted molar refractivity (Wildman–Crippen MR) is 229 cm³/mol. The SMILES string of the molecule is Cn1c(=O)n(C2CCC(=O)NC2=O)c2cccc(CCCOC3CCN(CC4CCC(n5cc(NC(=O)c6cnn7ccc(N8CCC(O)CC8)nc67)c(C(F)F)n5)CC4)CC3)c21. The van der Waals surface area contributed by atoms with Crippen molar-refractivity contribution in [1.82, 2.24) is 43.7 Å². The zero-order valence-corrected chi connectivity index (χ0v) is 35.5. The second-order valence-electron chi connectivity index (χ2n) is 17.6. The number of para-hydroxylation sites is 1. The summed E-state index contributed by atoms with van der Waals surface area (Å²) >= 11 is 0. The predicted octanol–water partition coefficient (Wildman–Crippen LogP) is 4.55. The van der Waals surface area contributed by atoms with Crippen molar-refractivity contribution in [3.8, 4) is 0 Å². The number of piperidine rings is 3. The first kappa shape index (κ1) is 42.8. The molecule has 1 unspecified atom stereocenters. The number of nitrogens with zero attached hydrogens (tertiary/aromatic N) is 9. The summed E-state index contributed by atoms with van der Waals surface area (Å²) < 4.78 is 41.1. The monoisotopic (exact) mass is 871 g/mol. The summed E-state index contributed by atoms with van der Waals surface area (Å²) in [6, 6.07) is 6.82. The summed E-state index contributed by atoms with van der Waals surface area (Å²) in [6.45, 7) is 4.76. The van der Waals surface area contributed by atoms with Crippen LogP contribution in [-0.4, -0.2) is 113 Å². The van der Waals surface area contributed by atoms with Crippen LogP contribution in [0.5, 0.6) is 0 Å². The number of benzene rings is 1. The molecule has 0 bridgehead atoms. The van der Waals surface area contributed by atoms with Gasteiger partial charge in [0, 0.05) is 65.2 Å². The van der Waals surface area contributed by atoms with E-state index >= 15 is 0 Å². The van der Waals surface area contributed by atoms with Gasteiger partial charge >= 0.3 is 5.69 Å². The zero-order valence-electron chi connectivity index (χ0n) is 35.5. The maximum absolute atomic E-state index is 14.3. The summed E-state index contributed by atoms with van der Waals surface area (Å²) in [4.78, 5) is 60.3. The van der Waals surface area contributed by atoms with Crippen LogP contribution in [0.1, 0.15) is 111 Å². The Morgan fingerprint density at radius 3 is 2.52 bits per heavy atom. The van der Waals surface area contributed by atoms with Gasteiger partial charge in [-0.1, -0.05) is 12.1 Å². The molecule has 17 nitrogen and oxygen atoms in total. The molecule has 5 aromatic rings. The number of carbonyl (C=O) groups excluding carboxylic acids is 3. The Kier molecular flexibility index (Phi) is 12.4. The Hall–Kier alpha value is -5.53. The zero-order chi connectivity index (χ0) is 43.8. The van der Waals surface area contributed by atoms with Crippen LogP contribution >= 0.6 is 0 Å². The lowest BCUT2D eigenvalue weighted by molar-refractivity contribution is -0.135. The summed E-state index contributed by atoms with van der Waals surface area (Å²) in [6.07, 6.45) is 10.3. The van der Waals surface area contributed by atoms with Gasteiger partial charge in [-0.25, -0.2) is 23.1 Å². The first-order chi connectivity index (χ1) is 30.5. The third kappa shape index (κ3) is 9.00. The van der Waals surface area contributed by atoms with E-state index < -0.39 is 30.0 Å². The highest BCUT2D eigenvalue weighted by atomic mass is 19.3. The molecule has 0 spiro atoms. The molecule has 63 heavy (non-hydrogen) atoms. The van der Waals surface area contributed by atoms with Gasteiger partial charge in [0.05, 0.1) is 41.2 Å². The van der Waals surface area contributed by atoms with E-state index in [0.29, 0.717) is 61.9 Å². The molecule has 4 fully saturated rings. The molecule has 9 rings (SSSR count). The molecule has 7 heterocycles. The van der Waals surface area contributed by atoms with Gasteiger partial charge in [-0.05, 0) is 94.2 Å². The van der Waals surface area contributed by atoms with E-state index in [2.05, 4.69) is 30.7 Å². The minimum absolute atomic E-state index is 0.0197. The molecule has 1 aliphatic carbocycles. The average molecular weight is 872 g/mol. The maximum atomic E-state index is 14.3. The lowest BCUT2D eigenvalue weighted by Gasteiger charge is -2.36. The van der Waals surface area contributed by atoms with E-state index in [0.717, 1.165) is 82.1 Å². The van der Waals surface area contributed by atoms with Gasteiger partial charge in [0.2, 0.25) is 11.8 Å². The highest BCUT2D eigenvalue weighted by Gasteiger charge is 2.33. The van der Waals surface area contributed by atoms with Crippen molar-refractivity contribution >= 4 is 45.9 Å². The Morgan fingerprint density at radius 1 is 1.00 bits per heavy atom. The highest BCUT2D eigenvalue weighted by molar-refractivity contribution is 6.08. The van der Waals surface area contributed by atoms with Crippen LogP contribution in [0.25, 0.3) is 16.7 Å². The number of aromatic nitrogens is 7. The first-order valence-electron chi connectivity index (χ1n) is 22.3. The minimum atomic E-state index is -2.87. The van der Waals surface area contributed by atoms with Gasteiger partial charge in [-0.15, -0.1) is 0 Å². The molecule has 3 saturated heterocycles. The van der Waals surface area contributed by atoms with Gasteiger partial charge < -0.3 is 25.0 Å². The fraction of sp³-hybridized carbons (Fsp3) is 0.568. The molecule has 4 aromatic heterocycles. The molecule has 3 aliphatic heterocycles. The van der Waals surface area contributed by atoms with Crippen LogP contribution in [0.2, 0.25) is 0 Å². The number of likely N-dealkylation sites (tertiary alicyclic amines) is 1. The maximum Gasteiger partial charge on any atom is 0.329 e. The van der Waals surface area contributed by atoms with Crippen molar-refractivity contribution in [2.75, 3.05) is 49.5 Å². The molecule has 336 valence electrons. The van der Waals surface area contributed by atoms with Gasteiger partial charge in [-0.2, -0.15) is 10.2 Å². The fourth-order valence-electron chi connectivity index (χ4n) is 10.0. The quantitative estimate of drug-likeness (QED) is 0.111. The number of halogens is 2. The number of aryl methyl sites for hydroxylation is 2. The van der Waals surface area contributed by atoms with Crippen molar-refractivity contribution in [2.24, 2.45) is 13.0 Å². The lowest BCUT2D eigenvalue weighted by atomic mass is 9.85. The normalized spacial score (nSPS) is 22.1. The summed E-state index contributed by atoms with van der Waals surface area (Å²) in [5.41, 5.74) is 2.24. The summed E-state index contributed by atoms with van der Waals surface area (Å²) in [5.74, 6) is -0.195. The molecule has 1 atom stereocenters. The van der Waals surface area contributed by atoms with Crippen LogP contribution in [0.4, 0.5) is 20.3 Å². The molecular formula is C44H55F2N11O6. The fourth-order valence-corrected chi connectivity index (χ4v) is 10.0. The number of nitrogens with one attached hydrogen (secondary N) is 2. The van der Waals surface area contributed by atoms with Crippen molar-refractivity contribution in [3.63, 3.8) is 0 Å². The van der Waals surface area contributed by atoms with E-state index in [4.69, 9.17) is 4.74 Å². The molecule has 1 aromatic carbocycles. The third-order valence-corrected chi connectivity index (χ3v) is 13.5. The Balaban J connectivity index is 0.729. The van der Waals surface area contributed by atoms with E-state index in [9.17, 15) is 33.1 Å². The number of anilines is 2. The number of fused-ring (bicyclic) bond motifs is 2. The molecule has 4 aliphatic rings. The van der Waals surface area contributed by atoms with Crippen LogP contribution in [0.3, 0.4) is 0 Å². The van der Waals surface area contributed by atoms with Gasteiger partial charge in [0.25, 0.3) is 12.3 Å². The number of ether oxygens (including phenoxy) is 1. The molecule has 19 heteroatoms. The number of hydrogen-bond acceptors (Lipinski definition) is 11. The number of carbonyl (C=O) groups is 3. The standard InChI is InChI=1S/C44H55F2N11O6/c1-52-39-28(4-2-6-34(39)57(44(52)62)35-11-12-37(59)50-43(35)61)5-3-23-63-31-15-18-53(19-16-31)25-27-7-9-29(10-8-27)56-26-33(38(51-56)40(45)46)48-42(60)32-24-47-55-22-17-36(49-41(32)55)54-20-13-30(58)14-21-54/h2,4,6,17,22,24,26-27,29-31,35,40,58H,3,5,7-16,18-21,23,25H2,1H3,(H,48,60)(H,50,59,61). The number of imidazole rings is 1. The molecule has 3 N–H and O–H groups in total. The van der Waals surface area contributed by atoms with Crippen LogP contribution < -0.4 is 21.2 Å². The number of imide groups is 1. The number of amides is 3. The summed E-state index contributed by atoms with van der Waals surface area (Å²) in [5, 5.41) is 23.5. The number of hydrogen-bond donors (Lipinski definition) is 3. The van der Waals surface area contributed by atoms with E-state index in [1.165, 1.54) is 21.5 Å². The van der Waals surface area contributed by atoms with Crippen molar-refractivity contribution < 1.29 is 33.0 Å². The summed E-state index contributed by atoms with van der Waals surface area (Å²) in [7, 11) is 1.72. The van der Waals surface area contributed by atoms with Gasteiger partial charge in [0.1, 0.15) is 17.4 Å². The lowest BCUT2D eigenvalue weighted by Crippen LogP contribution is -2.44. The van der Waals surface area contributed by atoms with Crippen molar-refractivity contribution in [3.05, 3.63) is 70.2 Å². The van der Waals surface area contributed by atoms with Crippen LogP contribution in [0.15, 0.2) is 47.7 Å². The van der Waals surface area contributed by atoms with E-state index in [1.54, 1.807) is 28.6 Å². The van der Waals surface area contributed by atoms with Crippen molar-refractivity contribution in [2.45, 2.75) is 108 Å². The van der Waals surface area contributed by atoms with Gasteiger partial charge in [-0.3, -0.25) is 33.5 Å². The Morgan fingerprint density at radius 2 is 1.78 bits per heavy atom. The third-order valence-electron chi connectivity index (χ3n) is 13.5. The first-order valence-corrected chi connectivity index (χ1v) is 22.3. The highest BCUT2D eigenvalue weighted by Crippen LogP contribution is 2.36. The van der Waals surface area contributed by atoms with E-state index in [1.807, 2.05) is 23.1 Å². The van der Waals surface area contributed by atoms with Crippen LogP contribution in [-0.2, 0) is 27.8 Å². The van der Waals surface area contributed by atoms with Crippen LogP contribution in [0, 0.1) is 5.92 Å². The van der Waals surface area contributed by atoms with Crippen molar-refractivity contribution in [1.29, 1.82) is 0 Å². The number of rotatable bonds is 13. The second-order valence-corrected chi connectivity index (χ2v) is 17.6. The number of aliphatic hydroxyl groups is 1. The molecular weight excluding hydrogens is 817 g/mol. The van der Waals surface area contributed by atoms with Gasteiger partial charge in [0.15, 0.2) is 11.3 Å². The Bertz CT molecular complexity index is 2530. The largest absolute Gasteiger partial charge is 0.393 e. The smallest absolute Gasteiger partial charge is 0.329 e. The molecule has 0 radical (unpaired) electrons. The molecule has 3 amide bonds. The number of alkyl halides is 2. The minimum Gasteiger partial charge on any atom is -0.393 e. The second kappa shape index (κ2) is 18.3. The molecule has 1 saturated carbocycles. The van der Waals surface area contributed by atoms with E-state index in [-0.39, 0.29) is 47.5 Å². The average Bonchev–Trinajstić information content (AvgIpc) is 3.98. The topological polar surface area (TPSA) is 186 Å².